The standard InChI is InChI=1S/C11H19N3O2/c1-3-10-12-13-11(16-10)7-14-5-4-8(2)9(15)6-14/h8-9,15H,3-7H2,1-2H3. The number of aliphatic hydroxyl groups excluding tert-OH is 1. The van der Waals surface area contributed by atoms with Crippen LogP contribution in [0.1, 0.15) is 32.0 Å². The van der Waals surface area contributed by atoms with Crippen molar-refractivity contribution in [1.82, 2.24) is 15.1 Å². The second kappa shape index (κ2) is 4.93. The third kappa shape index (κ3) is 2.59. The zero-order valence-electron chi connectivity index (χ0n) is 9.89. The fraction of sp³-hybridized carbons (Fsp3) is 0.818. The predicted molar refractivity (Wildman–Crippen MR) is 58.7 cm³/mol. The minimum Gasteiger partial charge on any atom is -0.424 e. The molecule has 2 unspecified atom stereocenters. The van der Waals surface area contributed by atoms with Crippen molar-refractivity contribution in [3.8, 4) is 0 Å². The Hall–Kier alpha value is -0.940. The fourth-order valence-electron chi connectivity index (χ4n) is 1.94. The van der Waals surface area contributed by atoms with Crippen LogP contribution in [0.25, 0.3) is 0 Å². The molecule has 1 N–H and O–H groups in total. The zero-order chi connectivity index (χ0) is 11.5. The molecule has 0 spiro atoms. The van der Waals surface area contributed by atoms with E-state index in [2.05, 4.69) is 22.0 Å². The largest absolute Gasteiger partial charge is 0.424 e. The smallest absolute Gasteiger partial charge is 0.230 e. The van der Waals surface area contributed by atoms with E-state index in [9.17, 15) is 5.11 Å². The predicted octanol–water partition coefficient (Wildman–Crippen LogP) is 0.835. The summed E-state index contributed by atoms with van der Waals surface area (Å²) in [4.78, 5) is 2.16. The van der Waals surface area contributed by atoms with Crippen LogP contribution < -0.4 is 0 Å². The monoisotopic (exact) mass is 225 g/mol. The molecule has 0 radical (unpaired) electrons. The first kappa shape index (κ1) is 11.5. The third-order valence-electron chi connectivity index (χ3n) is 3.17. The molecule has 1 fully saturated rings. The highest BCUT2D eigenvalue weighted by atomic mass is 16.4. The Labute approximate surface area is 95.5 Å². The lowest BCUT2D eigenvalue weighted by Crippen LogP contribution is -2.42. The van der Waals surface area contributed by atoms with Crippen molar-refractivity contribution in [3.63, 3.8) is 0 Å². The van der Waals surface area contributed by atoms with E-state index in [1.165, 1.54) is 0 Å². The van der Waals surface area contributed by atoms with Gasteiger partial charge < -0.3 is 9.52 Å². The van der Waals surface area contributed by atoms with Gasteiger partial charge in [-0.05, 0) is 18.9 Å². The van der Waals surface area contributed by atoms with E-state index in [-0.39, 0.29) is 6.10 Å². The van der Waals surface area contributed by atoms with Gasteiger partial charge in [-0.1, -0.05) is 13.8 Å². The lowest BCUT2D eigenvalue weighted by molar-refractivity contribution is 0.0226. The first-order valence-electron chi connectivity index (χ1n) is 5.90. The van der Waals surface area contributed by atoms with Gasteiger partial charge in [-0.2, -0.15) is 0 Å². The molecule has 1 aliphatic heterocycles. The Balaban J connectivity index is 1.90. The average Bonchev–Trinajstić information content (AvgIpc) is 2.71. The summed E-state index contributed by atoms with van der Waals surface area (Å²) in [5, 5.41) is 17.7. The van der Waals surface area contributed by atoms with Gasteiger partial charge in [-0.25, -0.2) is 0 Å². The van der Waals surface area contributed by atoms with Crippen molar-refractivity contribution in [2.75, 3.05) is 13.1 Å². The molecular weight excluding hydrogens is 206 g/mol. The maximum atomic E-state index is 9.77. The number of aromatic nitrogens is 2. The van der Waals surface area contributed by atoms with Crippen molar-refractivity contribution in [2.45, 2.75) is 39.3 Å². The summed E-state index contributed by atoms with van der Waals surface area (Å²) in [5.74, 6) is 1.73. The summed E-state index contributed by atoms with van der Waals surface area (Å²) in [6, 6.07) is 0. The molecule has 0 saturated carbocycles. The minimum atomic E-state index is -0.234. The van der Waals surface area contributed by atoms with Gasteiger partial charge in [-0.15, -0.1) is 10.2 Å². The molecule has 1 aromatic heterocycles. The van der Waals surface area contributed by atoms with Crippen molar-refractivity contribution >= 4 is 0 Å². The first-order chi connectivity index (χ1) is 7.69. The van der Waals surface area contributed by atoms with Crippen molar-refractivity contribution in [3.05, 3.63) is 11.8 Å². The van der Waals surface area contributed by atoms with E-state index >= 15 is 0 Å². The molecular formula is C11H19N3O2. The normalized spacial score (nSPS) is 27.2. The van der Waals surface area contributed by atoms with Gasteiger partial charge in [-0.3, -0.25) is 4.90 Å². The van der Waals surface area contributed by atoms with Crippen LogP contribution in [-0.4, -0.2) is 39.4 Å². The SMILES string of the molecule is CCc1nnc(CN2CCC(C)C(O)C2)o1. The molecule has 90 valence electrons. The number of hydrogen-bond donors (Lipinski definition) is 1. The van der Waals surface area contributed by atoms with Crippen molar-refractivity contribution in [2.24, 2.45) is 5.92 Å². The van der Waals surface area contributed by atoms with Crippen molar-refractivity contribution in [1.29, 1.82) is 0 Å². The van der Waals surface area contributed by atoms with E-state index in [1.54, 1.807) is 0 Å². The van der Waals surface area contributed by atoms with Crippen LogP contribution in [0.4, 0.5) is 0 Å². The van der Waals surface area contributed by atoms with Crippen LogP contribution in [0.2, 0.25) is 0 Å². The van der Waals surface area contributed by atoms with Gasteiger partial charge in [0.2, 0.25) is 11.8 Å². The summed E-state index contributed by atoms with van der Waals surface area (Å²) >= 11 is 0. The summed E-state index contributed by atoms with van der Waals surface area (Å²) < 4.78 is 5.45. The van der Waals surface area contributed by atoms with E-state index in [0.29, 0.717) is 30.8 Å². The number of likely N-dealkylation sites (tertiary alicyclic amines) is 1. The Morgan fingerprint density at radius 3 is 2.81 bits per heavy atom. The van der Waals surface area contributed by atoms with E-state index in [1.807, 2.05) is 6.92 Å². The summed E-state index contributed by atoms with van der Waals surface area (Å²) in [5.41, 5.74) is 0. The minimum absolute atomic E-state index is 0.234. The molecule has 0 bridgehead atoms. The molecule has 5 heteroatoms. The third-order valence-corrected chi connectivity index (χ3v) is 3.17. The quantitative estimate of drug-likeness (QED) is 0.825. The van der Waals surface area contributed by atoms with Crippen LogP contribution in [0.15, 0.2) is 4.42 Å². The summed E-state index contributed by atoms with van der Waals surface area (Å²) in [6.45, 7) is 6.41. The maximum Gasteiger partial charge on any atom is 0.230 e. The fourth-order valence-corrected chi connectivity index (χ4v) is 1.94. The Kier molecular flexibility index (Phi) is 3.56. The van der Waals surface area contributed by atoms with Crippen LogP contribution in [-0.2, 0) is 13.0 Å². The number of piperidine rings is 1. The number of β-amino-alcohol motifs (C(OH)–C–C–N with tert-alkyl or cyclic N) is 1. The number of hydrogen-bond acceptors (Lipinski definition) is 5. The molecule has 0 aliphatic carbocycles. The van der Waals surface area contributed by atoms with Crippen LogP contribution in [0.3, 0.4) is 0 Å². The molecule has 1 aromatic rings. The maximum absolute atomic E-state index is 9.77. The number of rotatable bonds is 3. The zero-order valence-corrected chi connectivity index (χ0v) is 9.89. The van der Waals surface area contributed by atoms with Gasteiger partial charge in [0.1, 0.15) is 0 Å². The highest BCUT2D eigenvalue weighted by Crippen LogP contribution is 2.18. The van der Waals surface area contributed by atoms with Gasteiger partial charge in [0.25, 0.3) is 0 Å². The lowest BCUT2D eigenvalue weighted by atomic mass is 9.96. The molecule has 2 heterocycles. The number of nitrogens with zero attached hydrogens (tertiary/aromatic N) is 3. The average molecular weight is 225 g/mol. The Morgan fingerprint density at radius 1 is 1.44 bits per heavy atom. The molecule has 0 amide bonds. The van der Waals surface area contributed by atoms with Gasteiger partial charge in [0.15, 0.2) is 0 Å². The Morgan fingerprint density at radius 2 is 2.19 bits per heavy atom. The molecule has 1 saturated heterocycles. The molecule has 2 rings (SSSR count). The van der Waals surface area contributed by atoms with Crippen molar-refractivity contribution < 1.29 is 9.52 Å². The summed E-state index contributed by atoms with van der Waals surface area (Å²) in [6.07, 6.45) is 1.56. The molecule has 1 aliphatic rings. The summed E-state index contributed by atoms with van der Waals surface area (Å²) in [7, 11) is 0. The van der Waals surface area contributed by atoms with Gasteiger partial charge in [0.05, 0.1) is 12.6 Å². The molecule has 2 atom stereocenters. The van der Waals surface area contributed by atoms with E-state index in [0.717, 1.165) is 19.4 Å². The number of aliphatic hydroxyl groups is 1. The van der Waals surface area contributed by atoms with Crippen LogP contribution in [0.5, 0.6) is 0 Å². The highest BCUT2D eigenvalue weighted by Gasteiger charge is 2.25. The molecule has 0 aromatic carbocycles. The molecule has 5 nitrogen and oxygen atoms in total. The van der Waals surface area contributed by atoms with E-state index in [4.69, 9.17) is 4.42 Å². The second-order valence-corrected chi connectivity index (χ2v) is 4.51. The molecule has 16 heavy (non-hydrogen) atoms. The number of aryl methyl sites for hydroxylation is 1. The highest BCUT2D eigenvalue weighted by molar-refractivity contribution is 4.84. The van der Waals surface area contributed by atoms with Crippen LogP contribution >= 0.6 is 0 Å². The first-order valence-corrected chi connectivity index (χ1v) is 5.90. The Bertz CT molecular complexity index is 340. The second-order valence-electron chi connectivity index (χ2n) is 4.51. The van der Waals surface area contributed by atoms with Crippen LogP contribution in [0, 0.1) is 5.92 Å². The van der Waals surface area contributed by atoms with Gasteiger partial charge >= 0.3 is 0 Å². The van der Waals surface area contributed by atoms with Gasteiger partial charge in [0, 0.05) is 13.0 Å². The topological polar surface area (TPSA) is 62.4 Å². The lowest BCUT2D eigenvalue weighted by Gasteiger charge is -2.33. The van der Waals surface area contributed by atoms with E-state index < -0.39 is 0 Å².